The molecule has 0 spiro atoms. The van der Waals surface area contributed by atoms with Crippen LogP contribution < -0.4 is 5.32 Å². The molecule has 1 heterocycles. The molecule has 1 aliphatic heterocycles. The highest BCUT2D eigenvalue weighted by molar-refractivity contribution is 7.89. The van der Waals surface area contributed by atoms with Gasteiger partial charge in [-0.2, -0.15) is 4.31 Å². The summed E-state index contributed by atoms with van der Waals surface area (Å²) in [5.74, 6) is -2.45. The zero-order valence-corrected chi connectivity index (χ0v) is 13.9. The normalized spacial score (nSPS) is 16.8. The lowest BCUT2D eigenvalue weighted by Crippen LogP contribution is -2.51. The van der Waals surface area contributed by atoms with Gasteiger partial charge in [-0.25, -0.2) is 17.2 Å². The quantitative estimate of drug-likeness (QED) is 0.754. The van der Waals surface area contributed by atoms with Crippen molar-refractivity contribution in [3.8, 4) is 0 Å². The Hall–Kier alpha value is -1.84. The van der Waals surface area contributed by atoms with Gasteiger partial charge in [0.05, 0.1) is 11.4 Å². The minimum Gasteiger partial charge on any atom is -0.352 e. The lowest BCUT2D eigenvalue weighted by molar-refractivity contribution is -0.122. The summed E-state index contributed by atoms with van der Waals surface area (Å²) in [7, 11) is -3.88. The number of hydrogen-bond donors (Lipinski definition) is 1. The topological polar surface area (TPSA) is 69.7 Å². The molecule has 2 rings (SSSR count). The van der Waals surface area contributed by atoms with Crippen molar-refractivity contribution in [2.45, 2.75) is 4.90 Å². The van der Waals surface area contributed by atoms with Gasteiger partial charge in [-0.3, -0.25) is 9.69 Å². The Morgan fingerprint density at radius 2 is 1.88 bits per heavy atom. The fraction of sp³-hybridized carbons (Fsp3) is 0.400. The van der Waals surface area contributed by atoms with Crippen LogP contribution in [0.1, 0.15) is 0 Å². The summed E-state index contributed by atoms with van der Waals surface area (Å²) >= 11 is 0. The number of carbonyl (C=O) groups is 1. The molecule has 1 amide bonds. The van der Waals surface area contributed by atoms with Crippen LogP contribution in [0.5, 0.6) is 0 Å². The molecule has 1 aliphatic rings. The van der Waals surface area contributed by atoms with Crippen molar-refractivity contribution in [2.24, 2.45) is 0 Å². The third-order valence-corrected chi connectivity index (χ3v) is 5.57. The van der Waals surface area contributed by atoms with Crippen LogP contribution in [-0.4, -0.2) is 62.8 Å². The molecule has 0 atom stereocenters. The Labute approximate surface area is 139 Å². The average molecular weight is 359 g/mol. The number of sulfonamides is 1. The zero-order chi connectivity index (χ0) is 17.7. The predicted octanol–water partition coefficient (Wildman–Crippen LogP) is 0.573. The van der Waals surface area contributed by atoms with Crippen molar-refractivity contribution in [1.82, 2.24) is 14.5 Å². The molecule has 0 aromatic heterocycles. The van der Waals surface area contributed by atoms with Gasteiger partial charge in [0.15, 0.2) is 11.6 Å². The summed E-state index contributed by atoms with van der Waals surface area (Å²) in [5.41, 5.74) is 0. The second-order valence-electron chi connectivity index (χ2n) is 5.35. The average Bonchev–Trinajstić information content (AvgIpc) is 2.56. The maximum Gasteiger partial charge on any atom is 0.243 e. The molecule has 0 radical (unpaired) electrons. The zero-order valence-electron chi connectivity index (χ0n) is 13.0. The summed E-state index contributed by atoms with van der Waals surface area (Å²) < 4.78 is 52.3. The van der Waals surface area contributed by atoms with Crippen LogP contribution in [-0.2, 0) is 14.8 Å². The molecular weight excluding hydrogens is 340 g/mol. The summed E-state index contributed by atoms with van der Waals surface area (Å²) in [4.78, 5) is 13.2. The van der Waals surface area contributed by atoms with Crippen molar-refractivity contribution in [3.63, 3.8) is 0 Å². The van der Waals surface area contributed by atoms with E-state index in [4.69, 9.17) is 0 Å². The maximum atomic E-state index is 13.3. The molecule has 1 fully saturated rings. The predicted molar refractivity (Wildman–Crippen MR) is 84.8 cm³/mol. The molecule has 0 bridgehead atoms. The lowest BCUT2D eigenvalue weighted by Gasteiger charge is -2.33. The van der Waals surface area contributed by atoms with Crippen LogP contribution in [0.15, 0.2) is 35.7 Å². The third-order valence-electron chi connectivity index (χ3n) is 3.67. The van der Waals surface area contributed by atoms with Crippen LogP contribution in [0, 0.1) is 11.6 Å². The van der Waals surface area contributed by atoms with Crippen LogP contribution in [0.4, 0.5) is 8.78 Å². The summed E-state index contributed by atoms with van der Waals surface area (Å²) in [6.45, 7) is 5.17. The fourth-order valence-corrected chi connectivity index (χ4v) is 3.79. The molecule has 1 saturated heterocycles. The van der Waals surface area contributed by atoms with Gasteiger partial charge in [0, 0.05) is 32.7 Å². The van der Waals surface area contributed by atoms with E-state index in [0.29, 0.717) is 25.7 Å². The third kappa shape index (κ3) is 4.37. The Bertz CT molecular complexity index is 717. The molecule has 24 heavy (non-hydrogen) atoms. The van der Waals surface area contributed by atoms with Gasteiger partial charge in [-0.05, 0) is 18.2 Å². The summed E-state index contributed by atoms with van der Waals surface area (Å²) in [5, 5.41) is 2.65. The van der Waals surface area contributed by atoms with E-state index >= 15 is 0 Å². The first-order chi connectivity index (χ1) is 11.3. The first kappa shape index (κ1) is 18.5. The molecule has 132 valence electrons. The van der Waals surface area contributed by atoms with Crippen molar-refractivity contribution >= 4 is 15.9 Å². The van der Waals surface area contributed by atoms with E-state index in [2.05, 4.69) is 11.9 Å². The summed E-state index contributed by atoms with van der Waals surface area (Å²) in [6.07, 6.45) is 1.57. The van der Waals surface area contributed by atoms with Crippen LogP contribution in [0.3, 0.4) is 0 Å². The monoisotopic (exact) mass is 359 g/mol. The number of halogens is 2. The van der Waals surface area contributed by atoms with E-state index in [1.807, 2.05) is 4.90 Å². The number of carbonyl (C=O) groups excluding carboxylic acids is 1. The SMILES string of the molecule is C=CCNC(=O)CN1CCN(S(=O)(=O)c2ccc(F)c(F)c2)CC1. The van der Waals surface area contributed by atoms with Crippen molar-refractivity contribution in [3.05, 3.63) is 42.5 Å². The molecule has 1 aromatic carbocycles. The number of benzene rings is 1. The second-order valence-corrected chi connectivity index (χ2v) is 7.29. The second kappa shape index (κ2) is 7.82. The molecule has 9 heteroatoms. The number of piperazine rings is 1. The standard InChI is InChI=1S/C15H19F2N3O3S/c1-2-5-18-15(21)11-19-6-8-20(9-7-19)24(22,23)12-3-4-13(16)14(17)10-12/h2-4,10H,1,5-9,11H2,(H,18,21). The van der Waals surface area contributed by atoms with Crippen LogP contribution in [0.2, 0.25) is 0 Å². The van der Waals surface area contributed by atoms with Gasteiger partial charge >= 0.3 is 0 Å². The molecule has 0 aliphatic carbocycles. The molecule has 0 saturated carbocycles. The van der Waals surface area contributed by atoms with E-state index in [9.17, 15) is 22.0 Å². The van der Waals surface area contributed by atoms with E-state index in [1.54, 1.807) is 6.08 Å². The van der Waals surface area contributed by atoms with Gasteiger partial charge in [0.1, 0.15) is 0 Å². The minimum atomic E-state index is -3.88. The number of amides is 1. The highest BCUT2D eigenvalue weighted by Gasteiger charge is 2.29. The van der Waals surface area contributed by atoms with E-state index in [0.717, 1.165) is 12.1 Å². The number of rotatable bonds is 6. The Morgan fingerprint density at radius 3 is 2.46 bits per heavy atom. The Kier molecular flexibility index (Phi) is 6.03. The van der Waals surface area contributed by atoms with Crippen molar-refractivity contribution in [1.29, 1.82) is 0 Å². The maximum absolute atomic E-state index is 13.3. The highest BCUT2D eigenvalue weighted by atomic mass is 32.2. The lowest BCUT2D eigenvalue weighted by atomic mass is 10.3. The van der Waals surface area contributed by atoms with E-state index < -0.39 is 21.7 Å². The first-order valence-electron chi connectivity index (χ1n) is 7.39. The molecule has 0 unspecified atom stereocenters. The van der Waals surface area contributed by atoms with Gasteiger partial charge in [-0.15, -0.1) is 6.58 Å². The minimum absolute atomic E-state index is 0.160. The van der Waals surface area contributed by atoms with Gasteiger partial charge in [0.25, 0.3) is 0 Å². The van der Waals surface area contributed by atoms with Gasteiger partial charge < -0.3 is 5.32 Å². The fourth-order valence-electron chi connectivity index (χ4n) is 2.36. The number of hydrogen-bond acceptors (Lipinski definition) is 4. The highest BCUT2D eigenvalue weighted by Crippen LogP contribution is 2.19. The largest absolute Gasteiger partial charge is 0.352 e. The van der Waals surface area contributed by atoms with E-state index in [1.165, 1.54) is 4.31 Å². The number of nitrogens with zero attached hydrogens (tertiary/aromatic N) is 2. The molecule has 1 aromatic rings. The van der Waals surface area contributed by atoms with Crippen molar-refractivity contribution < 1.29 is 22.0 Å². The molecule has 1 N–H and O–H groups in total. The van der Waals surface area contributed by atoms with Crippen LogP contribution >= 0.6 is 0 Å². The Morgan fingerprint density at radius 1 is 1.21 bits per heavy atom. The molecule has 6 nitrogen and oxygen atoms in total. The number of nitrogens with one attached hydrogen (secondary N) is 1. The molecular formula is C15H19F2N3O3S. The summed E-state index contributed by atoms with van der Waals surface area (Å²) in [6, 6.07) is 2.52. The van der Waals surface area contributed by atoms with E-state index in [-0.39, 0.29) is 30.4 Å². The first-order valence-corrected chi connectivity index (χ1v) is 8.83. The van der Waals surface area contributed by atoms with Crippen LogP contribution in [0.25, 0.3) is 0 Å². The Balaban J connectivity index is 1.96. The van der Waals surface area contributed by atoms with Gasteiger partial charge in [-0.1, -0.05) is 6.08 Å². The van der Waals surface area contributed by atoms with Crippen molar-refractivity contribution in [2.75, 3.05) is 39.3 Å². The smallest absolute Gasteiger partial charge is 0.243 e. The van der Waals surface area contributed by atoms with Gasteiger partial charge in [0.2, 0.25) is 15.9 Å².